The fraction of sp³-hybridized carbons (Fsp3) is 0.650. The highest BCUT2D eigenvalue weighted by atomic mass is 32.1. The Bertz CT molecular complexity index is 813. The van der Waals surface area contributed by atoms with Crippen molar-refractivity contribution in [3.05, 3.63) is 10.9 Å². The lowest BCUT2D eigenvalue weighted by Crippen LogP contribution is -2.37. The monoisotopic (exact) mass is 438 g/mol. The second-order valence-electron chi connectivity index (χ2n) is 7.55. The van der Waals surface area contributed by atoms with Gasteiger partial charge in [-0.1, -0.05) is 25.2 Å². The first-order chi connectivity index (χ1) is 13.9. The summed E-state index contributed by atoms with van der Waals surface area (Å²) in [4.78, 5) is 37.4. The number of amides is 2. The Morgan fingerprint density at radius 1 is 1.14 bits per heavy atom. The molecule has 2 aromatic rings. The molecule has 3 rings (SSSR count). The number of aromatic nitrogens is 1. The van der Waals surface area contributed by atoms with Crippen LogP contribution in [0.15, 0.2) is 6.07 Å². The summed E-state index contributed by atoms with van der Waals surface area (Å²) in [6.45, 7) is 12.8. The van der Waals surface area contributed by atoms with Crippen molar-refractivity contribution in [1.82, 2.24) is 14.8 Å². The summed E-state index contributed by atoms with van der Waals surface area (Å²) in [6.07, 6.45) is 0.477. The van der Waals surface area contributed by atoms with Crippen molar-refractivity contribution in [3.63, 3.8) is 0 Å². The highest BCUT2D eigenvalue weighted by Crippen LogP contribution is 2.35. The molecule has 0 aromatic carbocycles. The normalized spacial score (nSPS) is 15.1. The van der Waals surface area contributed by atoms with Crippen LogP contribution in [0.4, 0.5) is 9.93 Å². The first kappa shape index (κ1) is 21.8. The minimum Gasteiger partial charge on any atom is -0.449 e. The molecule has 1 aliphatic heterocycles. The van der Waals surface area contributed by atoms with Gasteiger partial charge in [0.05, 0.1) is 16.2 Å². The van der Waals surface area contributed by atoms with Crippen LogP contribution in [-0.4, -0.2) is 72.7 Å². The first-order valence-corrected chi connectivity index (χ1v) is 11.9. The quantitative estimate of drug-likeness (QED) is 0.678. The van der Waals surface area contributed by atoms with Gasteiger partial charge in [-0.15, -0.1) is 11.3 Å². The SMILES string of the molecule is CCN(CC)c1nc2sc(C(=O)N3CCCN(C(=O)OCC(C)C)CC3)cc2s1. The van der Waals surface area contributed by atoms with Crippen LogP contribution in [-0.2, 0) is 4.74 Å². The number of thiazole rings is 1. The summed E-state index contributed by atoms with van der Waals surface area (Å²) in [7, 11) is 0. The van der Waals surface area contributed by atoms with Crippen molar-refractivity contribution in [1.29, 1.82) is 0 Å². The maximum atomic E-state index is 13.0. The number of hydrogen-bond donors (Lipinski definition) is 0. The van der Waals surface area contributed by atoms with Crippen LogP contribution >= 0.6 is 22.7 Å². The van der Waals surface area contributed by atoms with E-state index in [1.54, 1.807) is 16.2 Å². The van der Waals surface area contributed by atoms with Gasteiger partial charge in [-0.3, -0.25) is 4.79 Å². The van der Waals surface area contributed by atoms with Crippen LogP contribution in [0.5, 0.6) is 0 Å². The first-order valence-electron chi connectivity index (χ1n) is 10.3. The Hall–Kier alpha value is -1.87. The van der Waals surface area contributed by atoms with E-state index in [0.29, 0.717) is 38.7 Å². The van der Waals surface area contributed by atoms with E-state index in [1.165, 1.54) is 11.3 Å². The average Bonchev–Trinajstić information content (AvgIpc) is 3.16. The van der Waals surface area contributed by atoms with Crippen molar-refractivity contribution in [2.75, 3.05) is 50.8 Å². The Morgan fingerprint density at radius 2 is 1.83 bits per heavy atom. The van der Waals surface area contributed by atoms with E-state index in [4.69, 9.17) is 9.72 Å². The van der Waals surface area contributed by atoms with Gasteiger partial charge in [0.2, 0.25) is 0 Å². The van der Waals surface area contributed by atoms with Crippen LogP contribution in [0.2, 0.25) is 0 Å². The predicted molar refractivity (Wildman–Crippen MR) is 119 cm³/mol. The zero-order valence-corrected chi connectivity index (χ0v) is 19.3. The molecule has 1 fully saturated rings. The van der Waals surface area contributed by atoms with E-state index in [2.05, 4.69) is 18.7 Å². The van der Waals surface area contributed by atoms with Gasteiger partial charge >= 0.3 is 6.09 Å². The summed E-state index contributed by atoms with van der Waals surface area (Å²) < 4.78 is 6.40. The molecule has 1 saturated heterocycles. The number of rotatable bonds is 6. The molecule has 3 heterocycles. The summed E-state index contributed by atoms with van der Waals surface area (Å²) in [5.74, 6) is 0.342. The maximum Gasteiger partial charge on any atom is 0.409 e. The van der Waals surface area contributed by atoms with Gasteiger partial charge in [0.15, 0.2) is 5.13 Å². The summed E-state index contributed by atoms with van der Waals surface area (Å²) >= 11 is 3.10. The Morgan fingerprint density at radius 3 is 2.48 bits per heavy atom. The minimum atomic E-state index is -0.280. The smallest absolute Gasteiger partial charge is 0.409 e. The molecule has 0 radical (unpaired) electrons. The van der Waals surface area contributed by atoms with Crippen molar-refractivity contribution < 1.29 is 14.3 Å². The number of fused-ring (bicyclic) bond motifs is 1. The summed E-state index contributed by atoms with van der Waals surface area (Å²) in [5.41, 5.74) is 0. The fourth-order valence-corrected chi connectivity index (χ4v) is 5.55. The number of anilines is 1. The van der Waals surface area contributed by atoms with E-state index < -0.39 is 0 Å². The van der Waals surface area contributed by atoms with E-state index in [9.17, 15) is 9.59 Å². The maximum absolute atomic E-state index is 13.0. The zero-order chi connectivity index (χ0) is 21.0. The molecule has 0 saturated carbocycles. The largest absolute Gasteiger partial charge is 0.449 e. The standard InChI is InChI=1S/C20H30N4O3S2/c1-5-22(6-2)19-21-17-15(29-19)12-16(28-17)18(25)23-8-7-9-24(11-10-23)20(26)27-13-14(3)4/h12,14H,5-11,13H2,1-4H3. The number of ether oxygens (including phenoxy) is 1. The highest BCUT2D eigenvalue weighted by Gasteiger charge is 2.25. The van der Waals surface area contributed by atoms with Gasteiger partial charge in [0, 0.05) is 39.3 Å². The van der Waals surface area contributed by atoms with E-state index in [1.807, 2.05) is 24.8 Å². The second kappa shape index (κ2) is 9.75. The lowest BCUT2D eigenvalue weighted by Gasteiger charge is -2.22. The number of nitrogens with zero attached hydrogens (tertiary/aromatic N) is 4. The van der Waals surface area contributed by atoms with Gasteiger partial charge in [0.1, 0.15) is 4.83 Å². The molecule has 0 N–H and O–H groups in total. The molecule has 0 aliphatic carbocycles. The van der Waals surface area contributed by atoms with Crippen molar-refractivity contribution in [2.45, 2.75) is 34.1 Å². The molecular weight excluding hydrogens is 408 g/mol. The van der Waals surface area contributed by atoms with Gasteiger partial charge in [-0.05, 0) is 32.3 Å². The van der Waals surface area contributed by atoms with Crippen molar-refractivity contribution in [2.24, 2.45) is 5.92 Å². The molecule has 0 unspecified atom stereocenters. The molecule has 0 bridgehead atoms. The van der Waals surface area contributed by atoms with Crippen LogP contribution in [0, 0.1) is 5.92 Å². The molecule has 0 spiro atoms. The molecule has 2 amide bonds. The van der Waals surface area contributed by atoms with E-state index in [-0.39, 0.29) is 12.0 Å². The van der Waals surface area contributed by atoms with Crippen LogP contribution in [0.3, 0.4) is 0 Å². The van der Waals surface area contributed by atoms with Crippen LogP contribution in [0.1, 0.15) is 43.8 Å². The highest BCUT2D eigenvalue weighted by molar-refractivity contribution is 7.29. The average molecular weight is 439 g/mol. The van der Waals surface area contributed by atoms with Crippen molar-refractivity contribution in [3.8, 4) is 0 Å². The number of thiophene rings is 1. The molecule has 29 heavy (non-hydrogen) atoms. The Kier molecular flexibility index (Phi) is 7.34. The Labute approximate surface area is 180 Å². The molecule has 7 nitrogen and oxygen atoms in total. The van der Waals surface area contributed by atoms with E-state index in [0.717, 1.165) is 39.0 Å². The summed E-state index contributed by atoms with van der Waals surface area (Å²) in [5, 5.41) is 1.01. The molecule has 1 aliphatic rings. The third kappa shape index (κ3) is 5.19. The topological polar surface area (TPSA) is 66.0 Å². The van der Waals surface area contributed by atoms with Gasteiger partial charge in [-0.25, -0.2) is 9.78 Å². The lowest BCUT2D eigenvalue weighted by atomic mass is 10.2. The molecular formula is C20H30N4O3S2. The second-order valence-corrected chi connectivity index (χ2v) is 9.59. The molecule has 160 valence electrons. The zero-order valence-electron chi connectivity index (χ0n) is 17.6. The third-order valence-electron chi connectivity index (χ3n) is 4.90. The van der Waals surface area contributed by atoms with Crippen LogP contribution < -0.4 is 4.90 Å². The predicted octanol–water partition coefficient (Wildman–Crippen LogP) is 4.14. The number of hydrogen-bond acceptors (Lipinski definition) is 7. The van der Waals surface area contributed by atoms with Gasteiger partial charge < -0.3 is 19.4 Å². The van der Waals surface area contributed by atoms with Crippen molar-refractivity contribution >= 4 is 49.3 Å². The summed E-state index contributed by atoms with van der Waals surface area (Å²) in [6, 6.07) is 1.96. The molecule has 9 heteroatoms. The number of carbonyl (C=O) groups is 2. The lowest BCUT2D eigenvalue weighted by molar-refractivity contribution is 0.0751. The van der Waals surface area contributed by atoms with Crippen LogP contribution in [0.25, 0.3) is 9.53 Å². The molecule has 0 atom stereocenters. The van der Waals surface area contributed by atoms with E-state index >= 15 is 0 Å². The third-order valence-corrected chi connectivity index (χ3v) is 7.11. The molecule has 2 aromatic heterocycles. The van der Waals surface area contributed by atoms with Gasteiger partial charge in [-0.2, -0.15) is 0 Å². The minimum absolute atomic E-state index is 0.0296. The van der Waals surface area contributed by atoms with Gasteiger partial charge in [0.25, 0.3) is 5.91 Å². The fourth-order valence-electron chi connectivity index (χ4n) is 3.25. The Balaban J connectivity index is 1.63. The number of carbonyl (C=O) groups excluding carboxylic acids is 2.